The lowest BCUT2D eigenvalue weighted by atomic mass is 10.1. The van der Waals surface area contributed by atoms with Crippen LogP contribution in [0.15, 0.2) is 18.2 Å². The third kappa shape index (κ3) is 5.86. The first kappa shape index (κ1) is 33.4. The van der Waals surface area contributed by atoms with Gasteiger partial charge in [-0.1, -0.05) is 6.07 Å². The Bertz CT molecular complexity index is 1030. The van der Waals surface area contributed by atoms with Crippen molar-refractivity contribution in [2.75, 3.05) is 5.32 Å². The molecule has 21 heteroatoms. The van der Waals surface area contributed by atoms with Gasteiger partial charge in [-0.05, 0) is 37.1 Å². The number of alkyl halides is 17. The van der Waals surface area contributed by atoms with Crippen molar-refractivity contribution in [1.29, 1.82) is 0 Å². The molecule has 0 unspecified atom stereocenters. The van der Waals surface area contributed by atoms with Crippen molar-refractivity contribution in [2.45, 2.75) is 62.2 Å². The molecule has 38 heavy (non-hydrogen) atoms. The third-order valence-corrected chi connectivity index (χ3v) is 4.42. The molecule has 1 N–H and O–H groups in total. The number of carbonyl (C=O) groups excluding carboxylic acids is 1. The predicted molar refractivity (Wildman–Crippen MR) is 87.4 cm³/mol. The first-order valence-corrected chi connectivity index (χ1v) is 8.97. The molecule has 0 radical (unpaired) electrons. The van der Waals surface area contributed by atoms with Gasteiger partial charge < -0.3 is 5.32 Å². The first-order valence-electron chi connectivity index (χ1n) is 8.97. The monoisotopic (exact) mass is 599 g/mol. The van der Waals surface area contributed by atoms with E-state index in [4.69, 9.17) is 0 Å². The SMILES string of the molecule is Cc1ccc(NC(=O)[C@@](F)(OC(F)(F)[C@@](F)(OC(F)(F)C(F)(F)C(F)(F)F)C(F)(F)F)C(F)(F)F)cc1C. The van der Waals surface area contributed by atoms with Crippen LogP contribution in [0.25, 0.3) is 0 Å². The highest BCUT2D eigenvalue weighted by Crippen LogP contribution is 2.56. The van der Waals surface area contributed by atoms with E-state index >= 15 is 0 Å². The second kappa shape index (κ2) is 9.56. The number of aryl methyl sites for hydroxylation is 2. The summed E-state index contributed by atoms with van der Waals surface area (Å²) >= 11 is 0. The molecule has 0 spiro atoms. The Morgan fingerprint density at radius 2 is 1.11 bits per heavy atom. The van der Waals surface area contributed by atoms with Crippen molar-refractivity contribution in [3.8, 4) is 0 Å². The van der Waals surface area contributed by atoms with Gasteiger partial charge in [-0.3, -0.25) is 14.3 Å². The summed E-state index contributed by atoms with van der Waals surface area (Å²) < 4.78 is 227. The molecule has 2 atom stereocenters. The molecular formula is C17H10F17NO3. The summed E-state index contributed by atoms with van der Waals surface area (Å²) in [4.78, 5) is 11.8. The molecule has 1 rings (SSSR count). The summed E-state index contributed by atoms with van der Waals surface area (Å²) in [7, 11) is 0. The Morgan fingerprint density at radius 1 is 0.632 bits per heavy atom. The highest BCUT2D eigenvalue weighted by atomic mass is 19.4. The molecule has 4 nitrogen and oxygen atoms in total. The lowest BCUT2D eigenvalue weighted by Gasteiger charge is -2.40. The van der Waals surface area contributed by atoms with E-state index in [1.54, 1.807) is 0 Å². The molecule has 0 fully saturated rings. The summed E-state index contributed by atoms with van der Waals surface area (Å²) in [5.74, 6) is -26.2. The topological polar surface area (TPSA) is 47.6 Å². The van der Waals surface area contributed by atoms with Crippen molar-refractivity contribution in [3.05, 3.63) is 29.3 Å². The van der Waals surface area contributed by atoms with Crippen molar-refractivity contribution in [2.24, 2.45) is 0 Å². The van der Waals surface area contributed by atoms with Gasteiger partial charge in [-0.2, -0.15) is 74.6 Å². The van der Waals surface area contributed by atoms with E-state index in [2.05, 4.69) is 0 Å². The molecule has 0 bridgehead atoms. The minimum Gasteiger partial charge on any atom is -0.321 e. The van der Waals surface area contributed by atoms with E-state index in [0.717, 1.165) is 17.4 Å². The maximum absolute atomic E-state index is 14.5. The number of ether oxygens (including phenoxy) is 2. The van der Waals surface area contributed by atoms with E-state index in [1.165, 1.54) is 18.6 Å². The summed E-state index contributed by atoms with van der Waals surface area (Å²) in [5, 5.41) is 0.909. The molecular weight excluding hydrogens is 589 g/mol. The molecule has 0 aromatic heterocycles. The van der Waals surface area contributed by atoms with Crippen LogP contribution in [-0.2, 0) is 14.3 Å². The van der Waals surface area contributed by atoms with Crippen molar-refractivity contribution in [3.63, 3.8) is 0 Å². The van der Waals surface area contributed by atoms with E-state index in [1.807, 2.05) is 4.74 Å². The van der Waals surface area contributed by atoms with Crippen LogP contribution >= 0.6 is 0 Å². The summed E-state index contributed by atoms with van der Waals surface area (Å²) in [6.45, 7) is 2.62. The molecule has 220 valence electrons. The maximum atomic E-state index is 14.5. The second-order valence-electron chi connectivity index (χ2n) is 7.25. The number of halogens is 17. The van der Waals surface area contributed by atoms with Crippen molar-refractivity contribution < 1.29 is 88.9 Å². The Morgan fingerprint density at radius 3 is 1.47 bits per heavy atom. The Balaban J connectivity index is 3.63. The van der Waals surface area contributed by atoms with Crippen LogP contribution in [0.5, 0.6) is 0 Å². The zero-order chi connectivity index (χ0) is 30.6. The van der Waals surface area contributed by atoms with Crippen molar-refractivity contribution >= 4 is 11.6 Å². The van der Waals surface area contributed by atoms with Crippen LogP contribution < -0.4 is 5.32 Å². The van der Waals surface area contributed by atoms with Crippen LogP contribution in [0.2, 0.25) is 0 Å². The number of rotatable bonds is 8. The molecule has 0 aliphatic carbocycles. The molecule has 0 aliphatic heterocycles. The van der Waals surface area contributed by atoms with Gasteiger partial charge in [0.25, 0.3) is 5.91 Å². The molecule has 0 aliphatic rings. The Hall–Kier alpha value is -2.58. The zero-order valence-electron chi connectivity index (χ0n) is 17.9. The second-order valence-corrected chi connectivity index (χ2v) is 7.25. The first-order chi connectivity index (χ1) is 16.5. The highest BCUT2D eigenvalue weighted by Gasteiger charge is 2.85. The van der Waals surface area contributed by atoms with E-state index in [0.29, 0.717) is 11.6 Å². The fourth-order valence-electron chi connectivity index (χ4n) is 2.19. The zero-order valence-corrected chi connectivity index (χ0v) is 17.9. The van der Waals surface area contributed by atoms with Gasteiger partial charge in [-0.15, -0.1) is 0 Å². The largest absolute Gasteiger partial charge is 0.462 e. The lowest BCUT2D eigenvalue weighted by Crippen LogP contribution is -2.68. The van der Waals surface area contributed by atoms with Crippen LogP contribution in [-0.4, -0.2) is 54.3 Å². The molecule has 0 saturated carbocycles. The smallest absolute Gasteiger partial charge is 0.321 e. The minimum atomic E-state index is -8.05. The number of benzene rings is 1. The van der Waals surface area contributed by atoms with Gasteiger partial charge in [0.2, 0.25) is 0 Å². The van der Waals surface area contributed by atoms with Gasteiger partial charge in [-0.25, -0.2) is 0 Å². The molecule has 1 aromatic rings. The van der Waals surface area contributed by atoms with Gasteiger partial charge in [0.1, 0.15) is 0 Å². The summed E-state index contributed by atoms with van der Waals surface area (Å²) in [6.07, 6.45) is -38.6. The molecule has 0 heterocycles. The van der Waals surface area contributed by atoms with Gasteiger partial charge in [0, 0.05) is 5.69 Å². The minimum absolute atomic E-state index is 0.131. The van der Waals surface area contributed by atoms with Crippen LogP contribution in [0.1, 0.15) is 11.1 Å². The number of carbonyl (C=O) groups is 1. The van der Waals surface area contributed by atoms with Crippen LogP contribution in [0.3, 0.4) is 0 Å². The normalized spacial score (nSPS) is 17.6. The average Bonchev–Trinajstić information content (AvgIpc) is 2.67. The average molecular weight is 599 g/mol. The van der Waals surface area contributed by atoms with E-state index in [-0.39, 0.29) is 5.56 Å². The molecule has 1 amide bonds. The maximum Gasteiger partial charge on any atom is 0.462 e. The number of hydrogen-bond acceptors (Lipinski definition) is 3. The Kier molecular flexibility index (Phi) is 8.41. The van der Waals surface area contributed by atoms with Crippen LogP contribution in [0.4, 0.5) is 80.3 Å². The fraction of sp³-hybridized carbons (Fsp3) is 0.588. The van der Waals surface area contributed by atoms with Gasteiger partial charge in [0.15, 0.2) is 0 Å². The number of nitrogens with one attached hydrogen (secondary N) is 1. The Labute approximate surface area is 198 Å². The number of amides is 1. The predicted octanol–water partition coefficient (Wildman–Crippen LogP) is 7.11. The number of anilines is 1. The number of hydrogen-bond donors (Lipinski definition) is 1. The lowest BCUT2D eigenvalue weighted by molar-refractivity contribution is -0.548. The highest BCUT2D eigenvalue weighted by molar-refractivity contribution is 5.97. The standard InChI is InChI=1S/C17H10F17NO3/c1-6-3-4-8(5-7(6)2)35-9(36)10(18,13(22,23)24)37-17(33,34)12(21,15(28,29)30)38-16(31,32)11(19,20)14(25,26)27/h3-5H,1-2H3,(H,35,36)/t10-,12+/m1/s1. The van der Waals surface area contributed by atoms with Gasteiger partial charge in [0.05, 0.1) is 0 Å². The van der Waals surface area contributed by atoms with Crippen LogP contribution in [0, 0.1) is 13.8 Å². The van der Waals surface area contributed by atoms with Crippen molar-refractivity contribution in [1.82, 2.24) is 0 Å². The fourth-order valence-corrected chi connectivity index (χ4v) is 2.19. The molecule has 1 aromatic carbocycles. The van der Waals surface area contributed by atoms with Gasteiger partial charge >= 0.3 is 48.4 Å². The van der Waals surface area contributed by atoms with E-state index < -0.39 is 60.0 Å². The molecule has 0 saturated heterocycles. The van der Waals surface area contributed by atoms with E-state index in [9.17, 15) is 79.4 Å². The third-order valence-electron chi connectivity index (χ3n) is 4.42. The quantitative estimate of drug-likeness (QED) is 0.324. The summed E-state index contributed by atoms with van der Waals surface area (Å²) in [6, 6.07) is 2.47. The summed E-state index contributed by atoms with van der Waals surface area (Å²) in [5.41, 5.74) is -0.368.